The number of benzene rings is 10. The predicted octanol–water partition coefficient (Wildman–Crippen LogP) is 16.2. The average molecular weight is 833 g/mol. The lowest BCUT2D eigenvalue weighted by Crippen LogP contribution is -2.28. The monoisotopic (exact) mass is 832 g/mol. The fourth-order valence-corrected chi connectivity index (χ4v) is 10.5. The van der Waals surface area contributed by atoms with Gasteiger partial charge in [-0.25, -0.2) is 0 Å². The Morgan fingerprint density at radius 3 is 1.63 bits per heavy atom. The number of fused-ring (bicyclic) bond motifs is 8. The molecule has 0 bridgehead atoms. The fraction of sp³-hybridized carbons (Fsp3) is 0.0164. The third-order valence-electron chi connectivity index (χ3n) is 13.3. The molecule has 11 aromatic rings. The van der Waals surface area contributed by atoms with E-state index in [1.807, 2.05) is 30.3 Å². The quantitative estimate of drug-likeness (QED) is 0.160. The van der Waals surface area contributed by atoms with Gasteiger partial charge in [0.15, 0.2) is 23.0 Å². The van der Waals surface area contributed by atoms with E-state index < -0.39 is 5.41 Å². The standard InChI is InChI=1S/C61H40N2O2/c1-4-16-43(17-5-1)61(44-18-6-2-7-19-44)53-24-12-10-22-49(53)50-35-33-48(40-54(50)61)62(47-34-36-56-52(39-47)51-23-11-13-25-55(51)63(56)45-20-8-3-9-21-45)46-31-28-41(29-32-46)42-30-37-59-60(38-42)65-58-27-15-14-26-57(58)64-59/h1-40H. The van der Waals surface area contributed by atoms with Crippen molar-refractivity contribution in [3.05, 3.63) is 265 Å². The average Bonchev–Trinajstić information content (AvgIpc) is 3.87. The summed E-state index contributed by atoms with van der Waals surface area (Å²) < 4.78 is 14.9. The first-order valence-electron chi connectivity index (χ1n) is 22.2. The first kappa shape index (κ1) is 37.0. The van der Waals surface area contributed by atoms with Crippen LogP contribution in [0.1, 0.15) is 22.3 Å². The molecule has 0 saturated heterocycles. The maximum atomic E-state index is 6.32. The summed E-state index contributed by atoms with van der Waals surface area (Å²) in [7, 11) is 0. The van der Waals surface area contributed by atoms with Gasteiger partial charge < -0.3 is 18.9 Å². The topological polar surface area (TPSA) is 26.6 Å². The second kappa shape index (κ2) is 14.8. The largest absolute Gasteiger partial charge is 0.450 e. The predicted molar refractivity (Wildman–Crippen MR) is 265 cm³/mol. The Morgan fingerprint density at radius 2 is 0.877 bits per heavy atom. The molecule has 4 nitrogen and oxygen atoms in total. The van der Waals surface area contributed by atoms with E-state index in [-0.39, 0.29) is 0 Å². The van der Waals surface area contributed by atoms with Crippen LogP contribution in [0.5, 0.6) is 23.0 Å². The minimum absolute atomic E-state index is 0.536. The third-order valence-corrected chi connectivity index (χ3v) is 13.3. The normalized spacial score (nSPS) is 13.0. The number of para-hydroxylation sites is 4. The molecule has 4 heteroatoms. The molecule has 0 radical (unpaired) electrons. The number of ether oxygens (including phenoxy) is 2. The highest BCUT2D eigenvalue weighted by Crippen LogP contribution is 2.57. The van der Waals surface area contributed by atoms with Crippen molar-refractivity contribution in [1.29, 1.82) is 0 Å². The molecular weight excluding hydrogens is 793 g/mol. The van der Waals surface area contributed by atoms with E-state index in [2.05, 4.69) is 222 Å². The molecule has 1 aliphatic heterocycles. The first-order valence-corrected chi connectivity index (χ1v) is 22.2. The molecule has 2 aliphatic rings. The second-order valence-electron chi connectivity index (χ2n) is 16.8. The highest BCUT2D eigenvalue weighted by atomic mass is 16.6. The van der Waals surface area contributed by atoms with Crippen molar-refractivity contribution in [2.75, 3.05) is 4.90 Å². The molecule has 2 heterocycles. The van der Waals surface area contributed by atoms with Gasteiger partial charge in [0.25, 0.3) is 0 Å². The van der Waals surface area contributed by atoms with Gasteiger partial charge >= 0.3 is 0 Å². The Bertz CT molecular complexity index is 3560. The van der Waals surface area contributed by atoms with Crippen molar-refractivity contribution in [2.45, 2.75) is 5.41 Å². The van der Waals surface area contributed by atoms with E-state index in [4.69, 9.17) is 9.47 Å². The summed E-state index contributed by atoms with van der Waals surface area (Å²) in [6.45, 7) is 0. The van der Waals surface area contributed by atoms with Crippen molar-refractivity contribution in [1.82, 2.24) is 4.57 Å². The molecule has 10 aromatic carbocycles. The summed E-state index contributed by atoms with van der Waals surface area (Å²) in [5, 5.41) is 2.40. The van der Waals surface area contributed by atoms with Crippen molar-refractivity contribution in [3.8, 4) is 50.9 Å². The molecule has 306 valence electrons. The van der Waals surface area contributed by atoms with Crippen LogP contribution >= 0.6 is 0 Å². The van der Waals surface area contributed by atoms with Gasteiger partial charge in [-0.15, -0.1) is 0 Å². The molecule has 0 amide bonds. The summed E-state index contributed by atoms with van der Waals surface area (Å²) in [6.07, 6.45) is 0. The summed E-state index contributed by atoms with van der Waals surface area (Å²) >= 11 is 0. The van der Waals surface area contributed by atoms with Crippen LogP contribution in [0.2, 0.25) is 0 Å². The van der Waals surface area contributed by atoms with Crippen LogP contribution in [0.15, 0.2) is 243 Å². The van der Waals surface area contributed by atoms with E-state index in [0.29, 0.717) is 17.2 Å². The maximum Gasteiger partial charge on any atom is 0.170 e. The highest BCUT2D eigenvalue weighted by molar-refractivity contribution is 6.10. The summed E-state index contributed by atoms with van der Waals surface area (Å²) in [4.78, 5) is 2.42. The lowest BCUT2D eigenvalue weighted by atomic mass is 9.67. The van der Waals surface area contributed by atoms with Gasteiger partial charge in [-0.05, 0) is 129 Å². The number of aromatic nitrogens is 1. The third kappa shape index (κ3) is 5.77. The molecule has 65 heavy (non-hydrogen) atoms. The smallest absolute Gasteiger partial charge is 0.170 e. The lowest BCUT2D eigenvalue weighted by molar-refractivity contribution is 0.360. The van der Waals surface area contributed by atoms with Crippen molar-refractivity contribution in [2.24, 2.45) is 0 Å². The highest BCUT2D eigenvalue weighted by Gasteiger charge is 2.46. The van der Waals surface area contributed by atoms with E-state index in [0.717, 1.165) is 45.1 Å². The van der Waals surface area contributed by atoms with E-state index >= 15 is 0 Å². The Balaban J connectivity index is 1.01. The fourth-order valence-electron chi connectivity index (χ4n) is 10.5. The molecule has 0 saturated carbocycles. The molecule has 0 fully saturated rings. The van der Waals surface area contributed by atoms with Crippen LogP contribution in [0.4, 0.5) is 17.1 Å². The zero-order valence-corrected chi connectivity index (χ0v) is 35.3. The van der Waals surface area contributed by atoms with E-state index in [1.165, 1.54) is 49.7 Å². The zero-order chi connectivity index (χ0) is 42.9. The summed E-state index contributed by atoms with van der Waals surface area (Å²) in [5.41, 5.74) is 15.8. The minimum atomic E-state index is -0.536. The van der Waals surface area contributed by atoms with E-state index in [1.54, 1.807) is 0 Å². The van der Waals surface area contributed by atoms with Gasteiger partial charge in [-0.1, -0.05) is 158 Å². The van der Waals surface area contributed by atoms with Gasteiger partial charge in [0, 0.05) is 33.5 Å². The summed E-state index contributed by atoms with van der Waals surface area (Å²) in [5.74, 6) is 2.85. The molecular formula is C61H40N2O2. The van der Waals surface area contributed by atoms with Gasteiger partial charge in [0.05, 0.1) is 16.4 Å². The summed E-state index contributed by atoms with van der Waals surface area (Å²) in [6, 6.07) is 87.2. The van der Waals surface area contributed by atoms with Crippen LogP contribution in [0, 0.1) is 0 Å². The van der Waals surface area contributed by atoms with Crippen molar-refractivity contribution in [3.63, 3.8) is 0 Å². The zero-order valence-electron chi connectivity index (χ0n) is 35.3. The van der Waals surface area contributed by atoms with Crippen molar-refractivity contribution < 1.29 is 9.47 Å². The van der Waals surface area contributed by atoms with Crippen LogP contribution < -0.4 is 14.4 Å². The molecule has 0 atom stereocenters. The Hall–Kier alpha value is -8.60. The molecule has 0 spiro atoms. The number of hydrogen-bond donors (Lipinski definition) is 0. The SMILES string of the molecule is c1ccc(-n2c3ccccc3c3cc(N(c4ccc(-c5ccc6c(c5)Oc5ccccc5O6)cc4)c4ccc5c(c4)C(c4ccccc4)(c4ccccc4)c4ccccc4-5)ccc32)cc1. The number of rotatable bonds is 7. The second-order valence-corrected chi connectivity index (χ2v) is 16.8. The molecule has 1 aromatic heterocycles. The lowest BCUT2D eigenvalue weighted by Gasteiger charge is -2.35. The van der Waals surface area contributed by atoms with E-state index in [9.17, 15) is 0 Å². The van der Waals surface area contributed by atoms with Crippen LogP contribution in [-0.4, -0.2) is 4.57 Å². The van der Waals surface area contributed by atoms with Crippen LogP contribution in [0.25, 0.3) is 49.7 Å². The minimum Gasteiger partial charge on any atom is -0.450 e. The number of nitrogens with zero attached hydrogens (tertiary/aromatic N) is 2. The molecule has 0 N–H and O–H groups in total. The van der Waals surface area contributed by atoms with Gasteiger partial charge in [-0.2, -0.15) is 0 Å². The number of hydrogen-bond acceptors (Lipinski definition) is 3. The van der Waals surface area contributed by atoms with Gasteiger partial charge in [0.2, 0.25) is 0 Å². The maximum absolute atomic E-state index is 6.32. The van der Waals surface area contributed by atoms with Crippen LogP contribution in [-0.2, 0) is 5.41 Å². The van der Waals surface area contributed by atoms with Crippen molar-refractivity contribution >= 4 is 38.9 Å². The Labute approximate surface area is 377 Å². The molecule has 0 unspecified atom stereocenters. The Morgan fingerprint density at radius 1 is 0.338 bits per heavy atom. The van der Waals surface area contributed by atoms with Crippen LogP contribution in [0.3, 0.4) is 0 Å². The Kier molecular flexibility index (Phi) is 8.40. The number of anilines is 3. The van der Waals surface area contributed by atoms with Gasteiger partial charge in [0.1, 0.15) is 0 Å². The molecule has 13 rings (SSSR count). The first-order chi connectivity index (χ1) is 32.2. The molecule has 1 aliphatic carbocycles. The van der Waals surface area contributed by atoms with Gasteiger partial charge in [-0.3, -0.25) is 0 Å².